The van der Waals surface area contributed by atoms with Gasteiger partial charge in [-0.2, -0.15) is 5.10 Å². The van der Waals surface area contributed by atoms with Crippen LogP contribution in [0.2, 0.25) is 0 Å². The number of carbonyl (C=O) groups is 1. The number of ketones is 1. The van der Waals surface area contributed by atoms with E-state index in [1.165, 1.54) is 11.3 Å². The number of hydrogen-bond donors (Lipinski definition) is 0. The van der Waals surface area contributed by atoms with Crippen LogP contribution in [0.25, 0.3) is 10.4 Å². The van der Waals surface area contributed by atoms with Crippen molar-refractivity contribution in [2.75, 3.05) is 0 Å². The molecule has 3 nitrogen and oxygen atoms in total. The Hall–Kier alpha value is -1.42. The van der Waals surface area contributed by atoms with E-state index in [1.807, 2.05) is 38.5 Å². The number of hydrogen-bond acceptors (Lipinski definition) is 3. The van der Waals surface area contributed by atoms with Crippen LogP contribution in [0.1, 0.15) is 23.0 Å². The van der Waals surface area contributed by atoms with Crippen molar-refractivity contribution < 1.29 is 4.79 Å². The topological polar surface area (TPSA) is 34.9 Å². The summed E-state index contributed by atoms with van der Waals surface area (Å²) < 4.78 is 1.76. The standard InChI is InChI=1S/C11H12N2OS/c1-3-9(14)11-5-4-10(15-11)8-6-12-13(2)7-8/h4-7H,3H2,1-2H3. The third-order valence-electron chi connectivity index (χ3n) is 2.19. The summed E-state index contributed by atoms with van der Waals surface area (Å²) in [5, 5.41) is 4.11. The quantitative estimate of drug-likeness (QED) is 0.745. The number of rotatable bonds is 3. The van der Waals surface area contributed by atoms with Crippen molar-refractivity contribution in [3.8, 4) is 10.4 Å². The molecule has 2 rings (SSSR count). The lowest BCUT2D eigenvalue weighted by Gasteiger charge is -1.90. The Morgan fingerprint density at radius 2 is 2.33 bits per heavy atom. The van der Waals surface area contributed by atoms with Gasteiger partial charge >= 0.3 is 0 Å². The maximum absolute atomic E-state index is 11.5. The minimum absolute atomic E-state index is 0.204. The monoisotopic (exact) mass is 220 g/mol. The molecule has 0 spiro atoms. The molecule has 0 bridgehead atoms. The lowest BCUT2D eigenvalue weighted by atomic mass is 10.2. The molecule has 15 heavy (non-hydrogen) atoms. The number of thiophene rings is 1. The van der Waals surface area contributed by atoms with Crippen molar-refractivity contribution in [1.29, 1.82) is 0 Å². The van der Waals surface area contributed by atoms with Crippen molar-refractivity contribution in [3.63, 3.8) is 0 Å². The highest BCUT2D eigenvalue weighted by molar-refractivity contribution is 7.17. The lowest BCUT2D eigenvalue weighted by Crippen LogP contribution is -1.90. The minimum Gasteiger partial charge on any atom is -0.293 e. The van der Waals surface area contributed by atoms with Crippen molar-refractivity contribution in [2.24, 2.45) is 7.05 Å². The SMILES string of the molecule is CCC(=O)c1ccc(-c2cnn(C)c2)s1. The third kappa shape index (κ3) is 1.99. The molecule has 4 heteroatoms. The maximum atomic E-state index is 11.5. The van der Waals surface area contributed by atoms with Gasteiger partial charge in [0.05, 0.1) is 11.1 Å². The third-order valence-corrected chi connectivity index (χ3v) is 3.37. The second-order valence-corrected chi connectivity index (χ2v) is 4.43. The molecule has 0 amide bonds. The second kappa shape index (κ2) is 3.98. The highest BCUT2D eigenvalue weighted by Crippen LogP contribution is 2.28. The average molecular weight is 220 g/mol. The molecule has 0 fully saturated rings. The van der Waals surface area contributed by atoms with Crippen LogP contribution in [-0.2, 0) is 7.05 Å². The van der Waals surface area contributed by atoms with Gasteiger partial charge in [0.25, 0.3) is 0 Å². The van der Waals surface area contributed by atoms with Gasteiger partial charge in [-0.25, -0.2) is 0 Å². The van der Waals surface area contributed by atoms with Crippen LogP contribution >= 0.6 is 11.3 Å². The van der Waals surface area contributed by atoms with Crippen LogP contribution in [0.4, 0.5) is 0 Å². The highest BCUT2D eigenvalue weighted by Gasteiger charge is 2.09. The Morgan fingerprint density at radius 1 is 1.53 bits per heavy atom. The number of aromatic nitrogens is 2. The van der Waals surface area contributed by atoms with Gasteiger partial charge in [-0.15, -0.1) is 11.3 Å². The molecule has 0 saturated carbocycles. The summed E-state index contributed by atoms with van der Waals surface area (Å²) in [6, 6.07) is 3.86. The summed E-state index contributed by atoms with van der Waals surface area (Å²) in [5.74, 6) is 0.204. The first kappa shape index (κ1) is 10.1. The number of carbonyl (C=O) groups excluding carboxylic acids is 1. The Labute approximate surface area is 92.4 Å². The normalized spacial score (nSPS) is 10.5. The van der Waals surface area contributed by atoms with E-state index in [0.29, 0.717) is 6.42 Å². The molecule has 2 aromatic heterocycles. The molecule has 0 aromatic carbocycles. The minimum atomic E-state index is 0.204. The van der Waals surface area contributed by atoms with Crippen LogP contribution in [-0.4, -0.2) is 15.6 Å². The summed E-state index contributed by atoms with van der Waals surface area (Å²) in [6.07, 6.45) is 4.32. The summed E-state index contributed by atoms with van der Waals surface area (Å²) in [6.45, 7) is 1.88. The Balaban J connectivity index is 2.31. The zero-order chi connectivity index (χ0) is 10.8. The van der Waals surface area contributed by atoms with Gasteiger partial charge in [0.15, 0.2) is 5.78 Å². The predicted octanol–water partition coefficient (Wildman–Crippen LogP) is 2.74. The lowest BCUT2D eigenvalue weighted by molar-refractivity contribution is 0.0992. The van der Waals surface area contributed by atoms with Crippen molar-refractivity contribution >= 4 is 17.1 Å². The Kier molecular flexibility index (Phi) is 2.68. The molecular formula is C11H12N2OS. The predicted molar refractivity (Wildman–Crippen MR) is 61.1 cm³/mol. The van der Waals surface area contributed by atoms with E-state index in [2.05, 4.69) is 5.10 Å². The van der Waals surface area contributed by atoms with Crippen molar-refractivity contribution in [2.45, 2.75) is 13.3 Å². The van der Waals surface area contributed by atoms with Gasteiger partial charge in [-0.1, -0.05) is 6.92 Å². The Bertz CT molecular complexity index is 484. The highest BCUT2D eigenvalue weighted by atomic mass is 32.1. The first-order chi connectivity index (χ1) is 7.20. The molecule has 0 aliphatic carbocycles. The fourth-order valence-electron chi connectivity index (χ4n) is 1.37. The van der Waals surface area contributed by atoms with Gasteiger partial charge in [-0.3, -0.25) is 9.48 Å². The molecule has 0 saturated heterocycles. The molecule has 0 aliphatic heterocycles. The van der Waals surface area contributed by atoms with Crippen LogP contribution < -0.4 is 0 Å². The van der Waals surface area contributed by atoms with E-state index in [9.17, 15) is 4.79 Å². The summed E-state index contributed by atoms with van der Waals surface area (Å²) in [5.41, 5.74) is 1.07. The average Bonchev–Trinajstić information content (AvgIpc) is 2.84. The summed E-state index contributed by atoms with van der Waals surface area (Å²) in [7, 11) is 1.88. The van der Waals surface area contributed by atoms with Crippen molar-refractivity contribution in [3.05, 3.63) is 29.4 Å². The molecule has 0 radical (unpaired) electrons. The smallest absolute Gasteiger partial charge is 0.172 e. The van der Waals surface area contributed by atoms with Gasteiger partial charge in [-0.05, 0) is 12.1 Å². The largest absolute Gasteiger partial charge is 0.293 e. The summed E-state index contributed by atoms with van der Waals surface area (Å²) in [4.78, 5) is 13.4. The van der Waals surface area contributed by atoms with E-state index >= 15 is 0 Å². The second-order valence-electron chi connectivity index (χ2n) is 3.34. The molecular weight excluding hydrogens is 208 g/mol. The van der Waals surface area contributed by atoms with Gasteiger partial charge < -0.3 is 0 Å². The van der Waals surface area contributed by atoms with Gasteiger partial charge in [0.1, 0.15) is 0 Å². The van der Waals surface area contributed by atoms with Crippen LogP contribution in [0.5, 0.6) is 0 Å². The number of aryl methyl sites for hydroxylation is 1. The van der Waals surface area contributed by atoms with Crippen LogP contribution in [0, 0.1) is 0 Å². The van der Waals surface area contributed by atoms with E-state index in [0.717, 1.165) is 15.3 Å². The molecule has 0 unspecified atom stereocenters. The first-order valence-corrected chi connectivity index (χ1v) is 5.64. The first-order valence-electron chi connectivity index (χ1n) is 4.82. The van der Waals surface area contributed by atoms with E-state index < -0.39 is 0 Å². The molecule has 0 atom stereocenters. The zero-order valence-electron chi connectivity index (χ0n) is 8.73. The van der Waals surface area contributed by atoms with E-state index in [1.54, 1.807) is 4.68 Å². The van der Waals surface area contributed by atoms with Crippen molar-refractivity contribution in [1.82, 2.24) is 9.78 Å². The summed E-state index contributed by atoms with van der Waals surface area (Å²) >= 11 is 1.53. The number of Topliss-reactive ketones (excluding diaryl/α,β-unsaturated/α-hetero) is 1. The van der Waals surface area contributed by atoms with Gasteiger partial charge in [0, 0.05) is 30.1 Å². The zero-order valence-corrected chi connectivity index (χ0v) is 9.54. The van der Waals surface area contributed by atoms with Crippen LogP contribution in [0.15, 0.2) is 24.5 Å². The van der Waals surface area contributed by atoms with Crippen LogP contribution in [0.3, 0.4) is 0 Å². The van der Waals surface area contributed by atoms with E-state index in [4.69, 9.17) is 0 Å². The fraction of sp³-hybridized carbons (Fsp3) is 0.273. The molecule has 78 valence electrons. The molecule has 2 aromatic rings. The molecule has 0 N–H and O–H groups in total. The molecule has 0 aliphatic rings. The van der Waals surface area contributed by atoms with E-state index in [-0.39, 0.29) is 5.78 Å². The Morgan fingerprint density at radius 3 is 2.93 bits per heavy atom. The van der Waals surface area contributed by atoms with Gasteiger partial charge in [0.2, 0.25) is 0 Å². The number of nitrogens with zero attached hydrogens (tertiary/aromatic N) is 2. The molecule has 2 heterocycles. The maximum Gasteiger partial charge on any atom is 0.172 e. The fourth-order valence-corrected chi connectivity index (χ4v) is 2.36.